The van der Waals surface area contributed by atoms with E-state index in [1.54, 1.807) is 17.9 Å². The number of hydrogen-bond acceptors (Lipinski definition) is 5. The second-order valence-electron chi connectivity index (χ2n) is 4.69. The van der Waals surface area contributed by atoms with Gasteiger partial charge in [-0.1, -0.05) is 11.6 Å². The average Bonchev–Trinajstić information content (AvgIpc) is 2.90. The van der Waals surface area contributed by atoms with E-state index in [1.165, 1.54) is 0 Å². The Morgan fingerprint density at radius 1 is 1.50 bits per heavy atom. The lowest BCUT2D eigenvalue weighted by atomic mass is 10.0. The van der Waals surface area contributed by atoms with E-state index in [9.17, 15) is 0 Å². The molecule has 2 rings (SSSR count). The second kappa shape index (κ2) is 5.82. The predicted octanol–water partition coefficient (Wildman–Crippen LogP) is 0.928. The fourth-order valence-electron chi connectivity index (χ4n) is 2.25. The highest BCUT2D eigenvalue weighted by molar-refractivity contribution is 6.31. The maximum absolute atomic E-state index is 6.32. The number of rotatable bonds is 5. The number of halogens is 1. The Kier molecular flexibility index (Phi) is 4.32. The topological polar surface area (TPSA) is 99.7 Å². The standard InChI is InChI=1S/C12H20ClN7/c1-4-20-10(11(13)7(2)18-20)5-9(17-15)8-6-16-19(3)12(8)14/h6,9,17H,4-5,14-15H2,1-3H3. The van der Waals surface area contributed by atoms with Crippen molar-refractivity contribution in [3.8, 4) is 0 Å². The lowest BCUT2D eigenvalue weighted by Gasteiger charge is -2.16. The third-order valence-electron chi connectivity index (χ3n) is 3.44. The van der Waals surface area contributed by atoms with Crippen molar-refractivity contribution >= 4 is 17.4 Å². The van der Waals surface area contributed by atoms with E-state index in [4.69, 9.17) is 23.2 Å². The molecule has 0 spiro atoms. The summed E-state index contributed by atoms with van der Waals surface area (Å²) in [4.78, 5) is 0. The van der Waals surface area contributed by atoms with Gasteiger partial charge in [0.05, 0.1) is 28.6 Å². The van der Waals surface area contributed by atoms with Gasteiger partial charge in [-0.05, 0) is 13.8 Å². The number of hydrogen-bond donors (Lipinski definition) is 3. The molecule has 2 heterocycles. The van der Waals surface area contributed by atoms with Crippen molar-refractivity contribution in [2.24, 2.45) is 12.9 Å². The molecule has 0 saturated carbocycles. The zero-order valence-corrected chi connectivity index (χ0v) is 12.6. The lowest BCUT2D eigenvalue weighted by Crippen LogP contribution is -2.30. The second-order valence-corrected chi connectivity index (χ2v) is 5.07. The molecule has 2 aromatic rings. The molecule has 8 heteroatoms. The monoisotopic (exact) mass is 297 g/mol. The SMILES string of the molecule is CCn1nc(C)c(Cl)c1CC(NN)c1cnn(C)c1N. The molecule has 5 N–H and O–H groups in total. The number of anilines is 1. The van der Waals surface area contributed by atoms with Crippen LogP contribution < -0.4 is 17.0 Å². The summed E-state index contributed by atoms with van der Waals surface area (Å²) in [6.07, 6.45) is 2.31. The van der Waals surface area contributed by atoms with E-state index in [0.717, 1.165) is 23.5 Å². The van der Waals surface area contributed by atoms with Crippen molar-refractivity contribution in [1.82, 2.24) is 25.0 Å². The molecular weight excluding hydrogens is 278 g/mol. The largest absolute Gasteiger partial charge is 0.384 e. The summed E-state index contributed by atoms with van der Waals surface area (Å²) < 4.78 is 3.50. The van der Waals surface area contributed by atoms with Gasteiger partial charge in [0.2, 0.25) is 0 Å². The van der Waals surface area contributed by atoms with Gasteiger partial charge >= 0.3 is 0 Å². The number of hydrazine groups is 1. The van der Waals surface area contributed by atoms with Crippen LogP contribution in [0.2, 0.25) is 5.02 Å². The molecule has 0 aromatic carbocycles. The van der Waals surface area contributed by atoms with Crippen molar-refractivity contribution < 1.29 is 0 Å². The van der Waals surface area contributed by atoms with Crippen molar-refractivity contribution in [3.63, 3.8) is 0 Å². The fraction of sp³-hybridized carbons (Fsp3) is 0.500. The number of nitrogens with one attached hydrogen (secondary N) is 1. The highest BCUT2D eigenvalue weighted by Gasteiger charge is 2.21. The smallest absolute Gasteiger partial charge is 0.126 e. The number of aryl methyl sites for hydroxylation is 3. The normalized spacial score (nSPS) is 12.8. The third-order valence-corrected chi connectivity index (χ3v) is 3.93. The Morgan fingerprint density at radius 2 is 2.20 bits per heavy atom. The molecule has 0 bridgehead atoms. The summed E-state index contributed by atoms with van der Waals surface area (Å²) in [7, 11) is 1.79. The average molecular weight is 298 g/mol. The van der Waals surface area contributed by atoms with E-state index >= 15 is 0 Å². The van der Waals surface area contributed by atoms with Crippen molar-refractivity contribution in [2.45, 2.75) is 32.9 Å². The van der Waals surface area contributed by atoms with Gasteiger partial charge in [-0.3, -0.25) is 20.6 Å². The van der Waals surface area contributed by atoms with Crippen LogP contribution >= 0.6 is 11.6 Å². The minimum atomic E-state index is -0.164. The molecule has 0 amide bonds. The molecular formula is C12H20ClN7. The molecule has 1 atom stereocenters. The van der Waals surface area contributed by atoms with Gasteiger partial charge in [-0.2, -0.15) is 10.2 Å². The summed E-state index contributed by atoms with van der Waals surface area (Å²) in [5.74, 6) is 6.25. The highest BCUT2D eigenvalue weighted by Crippen LogP contribution is 2.27. The van der Waals surface area contributed by atoms with Crippen LogP contribution in [-0.2, 0) is 20.0 Å². The van der Waals surface area contributed by atoms with Crippen molar-refractivity contribution in [2.75, 3.05) is 5.73 Å². The van der Waals surface area contributed by atoms with Gasteiger partial charge < -0.3 is 5.73 Å². The molecule has 0 aliphatic carbocycles. The number of nitrogens with zero attached hydrogens (tertiary/aromatic N) is 4. The van der Waals surface area contributed by atoms with Gasteiger partial charge in [0.1, 0.15) is 5.82 Å². The van der Waals surface area contributed by atoms with Crippen molar-refractivity contribution in [3.05, 3.63) is 28.2 Å². The van der Waals surface area contributed by atoms with Crippen LogP contribution in [0.25, 0.3) is 0 Å². The Balaban J connectivity index is 2.34. The minimum absolute atomic E-state index is 0.164. The van der Waals surface area contributed by atoms with Gasteiger partial charge in [0, 0.05) is 25.6 Å². The van der Waals surface area contributed by atoms with Gasteiger partial charge in [0.15, 0.2) is 0 Å². The van der Waals surface area contributed by atoms with Gasteiger partial charge in [-0.15, -0.1) is 0 Å². The first-order chi connectivity index (χ1) is 9.49. The van der Waals surface area contributed by atoms with Crippen LogP contribution in [0.5, 0.6) is 0 Å². The number of nitrogens with two attached hydrogens (primary N) is 2. The summed E-state index contributed by atoms with van der Waals surface area (Å²) in [6, 6.07) is -0.164. The summed E-state index contributed by atoms with van der Waals surface area (Å²) in [6.45, 7) is 4.67. The first-order valence-electron chi connectivity index (χ1n) is 6.44. The van der Waals surface area contributed by atoms with E-state index in [-0.39, 0.29) is 6.04 Å². The van der Waals surface area contributed by atoms with Crippen LogP contribution in [0.3, 0.4) is 0 Å². The molecule has 0 fully saturated rings. The molecule has 0 aliphatic rings. The Labute approximate surface area is 122 Å². The molecule has 110 valence electrons. The van der Waals surface area contributed by atoms with E-state index < -0.39 is 0 Å². The summed E-state index contributed by atoms with van der Waals surface area (Å²) in [5.41, 5.74) is 11.4. The van der Waals surface area contributed by atoms with Crippen LogP contribution in [-0.4, -0.2) is 19.6 Å². The zero-order chi connectivity index (χ0) is 14.9. The molecule has 2 aromatic heterocycles. The Bertz CT molecular complexity index is 601. The van der Waals surface area contributed by atoms with Gasteiger partial charge in [0.25, 0.3) is 0 Å². The van der Waals surface area contributed by atoms with E-state index in [0.29, 0.717) is 17.3 Å². The Morgan fingerprint density at radius 3 is 2.70 bits per heavy atom. The summed E-state index contributed by atoms with van der Waals surface area (Å²) in [5, 5.41) is 9.21. The predicted molar refractivity (Wildman–Crippen MR) is 79.0 cm³/mol. The van der Waals surface area contributed by atoms with Crippen LogP contribution in [0.4, 0.5) is 5.82 Å². The van der Waals surface area contributed by atoms with E-state index in [2.05, 4.69) is 15.6 Å². The molecule has 0 saturated heterocycles. The van der Waals surface area contributed by atoms with Crippen LogP contribution in [0.1, 0.15) is 29.9 Å². The molecule has 1 unspecified atom stereocenters. The van der Waals surface area contributed by atoms with E-state index in [1.807, 2.05) is 18.5 Å². The maximum Gasteiger partial charge on any atom is 0.126 e. The third kappa shape index (κ3) is 2.52. The fourth-order valence-corrected chi connectivity index (χ4v) is 2.46. The maximum atomic E-state index is 6.32. The summed E-state index contributed by atoms with van der Waals surface area (Å²) >= 11 is 6.32. The van der Waals surface area contributed by atoms with Gasteiger partial charge in [-0.25, -0.2) is 0 Å². The zero-order valence-electron chi connectivity index (χ0n) is 11.9. The quantitative estimate of drug-likeness (QED) is 0.563. The molecule has 7 nitrogen and oxygen atoms in total. The van der Waals surface area contributed by atoms with Crippen molar-refractivity contribution in [1.29, 1.82) is 0 Å². The molecule has 0 aliphatic heterocycles. The Hall–Kier alpha value is -1.57. The number of nitrogen functional groups attached to an aromatic ring is 1. The lowest BCUT2D eigenvalue weighted by molar-refractivity contribution is 0.518. The minimum Gasteiger partial charge on any atom is -0.384 e. The first-order valence-corrected chi connectivity index (χ1v) is 6.82. The number of aromatic nitrogens is 4. The van der Waals surface area contributed by atoms with Crippen LogP contribution in [0.15, 0.2) is 6.20 Å². The first kappa shape index (κ1) is 14.8. The molecule has 0 radical (unpaired) electrons. The highest BCUT2D eigenvalue weighted by atomic mass is 35.5. The van der Waals surface area contributed by atoms with Crippen LogP contribution in [0, 0.1) is 6.92 Å². The molecule has 20 heavy (non-hydrogen) atoms.